The number of carbonyl (C=O) groups excluding carboxylic acids is 2. The molecule has 1 heterocycles. The number of halogens is 1. The van der Waals surface area contributed by atoms with E-state index >= 15 is 0 Å². The Morgan fingerprint density at radius 3 is 2.22 bits per heavy atom. The smallest absolute Gasteiger partial charge is 0.282 e. The lowest BCUT2D eigenvalue weighted by Gasteiger charge is -2.25. The zero-order chi connectivity index (χ0) is 22.7. The number of anilines is 1. The first-order chi connectivity index (χ1) is 15.6. The number of benzene rings is 3. The molecule has 1 aliphatic heterocycles. The van der Waals surface area contributed by atoms with Crippen molar-refractivity contribution >= 4 is 23.1 Å². The van der Waals surface area contributed by atoms with Gasteiger partial charge in [0.25, 0.3) is 11.8 Å². The summed E-state index contributed by atoms with van der Waals surface area (Å²) in [4.78, 5) is 30.0. The highest BCUT2D eigenvalue weighted by Gasteiger charge is 2.43. The normalized spacial score (nSPS) is 13.7. The number of nitrogens with zero attached hydrogens (tertiary/aromatic N) is 2. The summed E-state index contributed by atoms with van der Waals surface area (Å²) < 4.78 is 20.1. The number of carbonyl (C=O) groups is 2. The van der Waals surface area contributed by atoms with Crippen molar-refractivity contribution in [2.45, 2.75) is 13.5 Å². The summed E-state index contributed by atoms with van der Waals surface area (Å²) in [5.74, 6) is -1.31. The molecule has 0 unspecified atom stereocenters. The van der Waals surface area contributed by atoms with Crippen LogP contribution in [0.5, 0.6) is 5.75 Å². The van der Waals surface area contributed by atoms with Crippen molar-refractivity contribution in [1.82, 2.24) is 4.90 Å². The van der Waals surface area contributed by atoms with Gasteiger partial charge in [0.1, 0.15) is 17.3 Å². The van der Waals surface area contributed by atoms with Crippen LogP contribution in [0.15, 0.2) is 84.6 Å². The van der Waals surface area contributed by atoms with Gasteiger partial charge in [-0.25, -0.2) is 9.29 Å². The van der Waals surface area contributed by atoms with Gasteiger partial charge in [-0.15, -0.1) is 0 Å². The van der Waals surface area contributed by atoms with E-state index in [-0.39, 0.29) is 17.0 Å². The molecule has 0 radical (unpaired) electrons. The molecule has 0 atom stereocenters. The molecule has 3 aromatic rings. The van der Waals surface area contributed by atoms with Gasteiger partial charge in [-0.1, -0.05) is 60.7 Å². The van der Waals surface area contributed by atoms with Crippen molar-refractivity contribution in [1.29, 1.82) is 0 Å². The van der Waals surface area contributed by atoms with Crippen LogP contribution in [0.1, 0.15) is 18.1 Å². The van der Waals surface area contributed by atoms with Gasteiger partial charge in [-0.2, -0.15) is 0 Å². The van der Waals surface area contributed by atoms with Gasteiger partial charge < -0.3 is 9.64 Å². The van der Waals surface area contributed by atoms with Gasteiger partial charge in [0.15, 0.2) is 0 Å². The van der Waals surface area contributed by atoms with Crippen molar-refractivity contribution in [3.63, 3.8) is 0 Å². The molecule has 6 heteroatoms. The Labute approximate surface area is 186 Å². The summed E-state index contributed by atoms with van der Waals surface area (Å²) in [5, 5.41) is 0. The highest BCUT2D eigenvalue weighted by Crippen LogP contribution is 2.39. The van der Waals surface area contributed by atoms with Crippen LogP contribution in [0.3, 0.4) is 0 Å². The Morgan fingerprint density at radius 2 is 1.53 bits per heavy atom. The summed E-state index contributed by atoms with van der Waals surface area (Å²) in [6.45, 7) is 2.82. The molecule has 4 rings (SSSR count). The average Bonchev–Trinajstić information content (AvgIpc) is 3.08. The lowest BCUT2D eigenvalue weighted by molar-refractivity contribution is -0.120. The molecule has 1 aliphatic rings. The highest BCUT2D eigenvalue weighted by molar-refractivity contribution is 6.45. The van der Waals surface area contributed by atoms with Gasteiger partial charge >= 0.3 is 0 Å². The number of hydrogen-bond acceptors (Lipinski definition) is 4. The SMILES string of the molecule is CCN(Cc1ccccc1)C1=C(c2ccccc2OC)C(=O)N(c2ccccc2F)C1=O. The molecule has 2 amide bonds. The van der Waals surface area contributed by atoms with Crippen LogP contribution in [0, 0.1) is 5.82 Å². The summed E-state index contributed by atoms with van der Waals surface area (Å²) in [5.41, 5.74) is 1.85. The van der Waals surface area contributed by atoms with Gasteiger partial charge in [0, 0.05) is 18.7 Å². The van der Waals surface area contributed by atoms with Gasteiger partial charge in [0.05, 0.1) is 18.4 Å². The van der Waals surface area contributed by atoms with E-state index in [0.29, 0.717) is 24.4 Å². The number of imide groups is 1. The van der Waals surface area contributed by atoms with Crippen molar-refractivity contribution in [2.24, 2.45) is 0 Å². The number of ether oxygens (including phenoxy) is 1. The van der Waals surface area contributed by atoms with Crippen LogP contribution in [0.4, 0.5) is 10.1 Å². The minimum Gasteiger partial charge on any atom is -0.496 e. The van der Waals surface area contributed by atoms with E-state index in [2.05, 4.69) is 0 Å². The lowest BCUT2D eigenvalue weighted by Crippen LogP contribution is -2.35. The first-order valence-electron chi connectivity index (χ1n) is 10.4. The monoisotopic (exact) mass is 430 g/mol. The highest BCUT2D eigenvalue weighted by atomic mass is 19.1. The lowest BCUT2D eigenvalue weighted by atomic mass is 10.0. The average molecular weight is 430 g/mol. The van der Waals surface area contributed by atoms with Crippen molar-refractivity contribution in [2.75, 3.05) is 18.6 Å². The molecule has 3 aromatic carbocycles. The molecular weight excluding hydrogens is 407 g/mol. The van der Waals surface area contributed by atoms with Crippen LogP contribution in [-0.2, 0) is 16.1 Å². The third kappa shape index (κ3) is 3.75. The number of rotatable bonds is 7. The summed E-state index contributed by atoms with van der Waals surface area (Å²) in [6, 6.07) is 22.5. The van der Waals surface area contributed by atoms with E-state index in [1.165, 1.54) is 25.3 Å². The molecule has 32 heavy (non-hydrogen) atoms. The molecule has 0 N–H and O–H groups in total. The number of para-hydroxylation sites is 2. The molecule has 0 saturated heterocycles. The second kappa shape index (κ2) is 9.06. The van der Waals surface area contributed by atoms with E-state index < -0.39 is 17.6 Å². The second-order valence-electron chi connectivity index (χ2n) is 7.32. The zero-order valence-electron chi connectivity index (χ0n) is 17.9. The number of methoxy groups -OCH3 is 1. The number of likely N-dealkylation sites (N-methyl/N-ethyl adjacent to an activating group) is 1. The third-order valence-corrected chi connectivity index (χ3v) is 5.44. The topological polar surface area (TPSA) is 49.9 Å². The molecule has 0 spiro atoms. The molecule has 0 aromatic heterocycles. The van der Waals surface area contributed by atoms with E-state index in [4.69, 9.17) is 4.74 Å². The van der Waals surface area contributed by atoms with Gasteiger partial charge in [-0.3, -0.25) is 9.59 Å². The fourth-order valence-corrected chi connectivity index (χ4v) is 3.91. The predicted molar refractivity (Wildman–Crippen MR) is 121 cm³/mol. The van der Waals surface area contributed by atoms with Crippen molar-refractivity contribution in [3.8, 4) is 5.75 Å². The maximum Gasteiger partial charge on any atom is 0.282 e. The minimum absolute atomic E-state index is 0.0688. The molecular formula is C26H23FN2O3. The maximum atomic E-state index is 14.6. The quantitative estimate of drug-likeness (QED) is 0.513. The van der Waals surface area contributed by atoms with E-state index in [1.807, 2.05) is 42.2 Å². The molecule has 5 nitrogen and oxygen atoms in total. The van der Waals surface area contributed by atoms with Crippen LogP contribution < -0.4 is 9.64 Å². The zero-order valence-corrected chi connectivity index (χ0v) is 17.9. The van der Waals surface area contributed by atoms with Crippen molar-refractivity contribution in [3.05, 3.63) is 102 Å². The standard InChI is InChI=1S/C26H23FN2O3/c1-3-28(17-18-11-5-4-6-12-18)24-23(19-13-7-10-16-22(19)32-2)25(30)29(26(24)31)21-15-9-8-14-20(21)27/h4-16H,3,17H2,1-2H3. The Bertz CT molecular complexity index is 1190. The molecule has 0 bridgehead atoms. The first-order valence-corrected chi connectivity index (χ1v) is 10.4. The van der Waals surface area contributed by atoms with E-state index in [0.717, 1.165) is 10.5 Å². The van der Waals surface area contributed by atoms with Crippen LogP contribution in [0.2, 0.25) is 0 Å². The van der Waals surface area contributed by atoms with Crippen LogP contribution >= 0.6 is 0 Å². The summed E-state index contributed by atoms with van der Waals surface area (Å²) in [7, 11) is 1.51. The Morgan fingerprint density at radius 1 is 0.875 bits per heavy atom. The second-order valence-corrected chi connectivity index (χ2v) is 7.32. The fourth-order valence-electron chi connectivity index (χ4n) is 3.91. The minimum atomic E-state index is -0.638. The van der Waals surface area contributed by atoms with Crippen LogP contribution in [0.25, 0.3) is 5.57 Å². The Balaban J connectivity index is 1.89. The van der Waals surface area contributed by atoms with Gasteiger partial charge in [-0.05, 0) is 30.7 Å². The largest absolute Gasteiger partial charge is 0.496 e. The summed E-state index contributed by atoms with van der Waals surface area (Å²) in [6.07, 6.45) is 0. The summed E-state index contributed by atoms with van der Waals surface area (Å²) >= 11 is 0. The Hall–Kier alpha value is -3.93. The van der Waals surface area contributed by atoms with Crippen LogP contribution in [-0.4, -0.2) is 30.4 Å². The predicted octanol–water partition coefficient (Wildman–Crippen LogP) is 4.64. The van der Waals surface area contributed by atoms with Gasteiger partial charge in [0.2, 0.25) is 0 Å². The molecule has 162 valence electrons. The maximum absolute atomic E-state index is 14.6. The molecule has 0 fully saturated rings. The number of hydrogen-bond donors (Lipinski definition) is 0. The Kier molecular flexibility index (Phi) is 6.03. The fraction of sp³-hybridized carbons (Fsp3) is 0.154. The molecule has 0 aliphatic carbocycles. The first kappa shape index (κ1) is 21.3. The third-order valence-electron chi connectivity index (χ3n) is 5.44. The van der Waals surface area contributed by atoms with E-state index in [9.17, 15) is 14.0 Å². The van der Waals surface area contributed by atoms with E-state index in [1.54, 1.807) is 30.3 Å². The number of amides is 2. The molecule has 0 saturated carbocycles. The van der Waals surface area contributed by atoms with Crippen molar-refractivity contribution < 1.29 is 18.7 Å².